The Balaban J connectivity index is 2.09. The lowest BCUT2D eigenvalue weighted by atomic mass is 10.2. The molecule has 0 spiro atoms. The monoisotopic (exact) mass is 365 g/mol. The first-order valence-electron chi connectivity index (χ1n) is 8.95. The number of benzene rings is 3. The average molecular weight is 366 g/mol. The summed E-state index contributed by atoms with van der Waals surface area (Å²) in [6.07, 6.45) is 3.57. The van der Waals surface area contributed by atoms with Crippen LogP contribution in [0.5, 0.6) is 0 Å². The summed E-state index contributed by atoms with van der Waals surface area (Å²) in [6.45, 7) is 2.31. The lowest BCUT2D eigenvalue weighted by Crippen LogP contribution is -2.26. The average Bonchev–Trinajstić information content (AvgIpc) is 2.69. The van der Waals surface area contributed by atoms with Crippen LogP contribution in [0.2, 0.25) is 0 Å². The van der Waals surface area contributed by atoms with Crippen LogP contribution in [0.4, 0.5) is 0 Å². The molecule has 0 amide bonds. The zero-order valence-corrected chi connectivity index (χ0v) is 16.6. The highest BCUT2D eigenvalue weighted by Gasteiger charge is 2.41. The third-order valence-electron chi connectivity index (χ3n) is 4.76. The fourth-order valence-corrected chi connectivity index (χ4v) is 8.17. The van der Waals surface area contributed by atoms with Gasteiger partial charge < -0.3 is 0 Å². The van der Waals surface area contributed by atoms with Crippen molar-refractivity contribution in [2.75, 3.05) is 6.16 Å². The molecule has 0 unspecified atom stereocenters. The van der Waals surface area contributed by atoms with Gasteiger partial charge in [-0.1, -0.05) is 67.6 Å². The minimum atomic E-state index is -1.47. The van der Waals surface area contributed by atoms with Gasteiger partial charge in [-0.15, -0.1) is 0 Å². The lowest BCUT2D eigenvalue weighted by molar-refractivity contribution is 1.08. The molecule has 0 bridgehead atoms. The topological polar surface area (TPSA) is 0 Å². The van der Waals surface area contributed by atoms with E-state index in [9.17, 15) is 0 Å². The Morgan fingerprint density at radius 1 is 0.680 bits per heavy atom. The van der Waals surface area contributed by atoms with Gasteiger partial charge in [0.2, 0.25) is 0 Å². The quantitative estimate of drug-likeness (QED) is 0.403. The molecular weight excluding hydrogens is 339 g/mol. The molecule has 0 aromatic heterocycles. The zero-order valence-electron chi connectivity index (χ0n) is 14.8. The SMILES string of the molecule is CCC[P+](Cc1ccc(CS)cc1)(c1ccccc1)c1ccccc1. The summed E-state index contributed by atoms with van der Waals surface area (Å²) in [7, 11) is -1.47. The molecule has 25 heavy (non-hydrogen) atoms. The standard InChI is InChI=1S/C23H25PS/c1-2-17-24(22-9-5-3-6-10-22,23-11-7-4-8-12-23)18-20-13-15-21(19-25)16-14-20/h3-16H,2,17-19H2,1H3/p+1. The van der Waals surface area contributed by atoms with E-state index in [1.807, 2.05) is 0 Å². The highest BCUT2D eigenvalue weighted by molar-refractivity contribution is 7.88. The fourth-order valence-electron chi connectivity index (χ4n) is 3.54. The number of rotatable bonds is 7. The Morgan fingerprint density at radius 3 is 1.60 bits per heavy atom. The highest BCUT2D eigenvalue weighted by Crippen LogP contribution is 2.59. The van der Waals surface area contributed by atoms with Crippen LogP contribution >= 0.6 is 19.9 Å². The second-order valence-corrected chi connectivity index (χ2v) is 10.5. The maximum atomic E-state index is 4.39. The predicted octanol–water partition coefficient (Wildman–Crippen LogP) is 5.70. The van der Waals surface area contributed by atoms with Gasteiger partial charge in [-0.05, 0) is 41.8 Å². The van der Waals surface area contributed by atoms with E-state index in [0.717, 1.165) is 11.9 Å². The molecule has 3 aromatic carbocycles. The first-order valence-corrected chi connectivity index (χ1v) is 11.7. The zero-order chi connectivity index (χ0) is 17.5. The fraction of sp³-hybridized carbons (Fsp3) is 0.217. The molecule has 0 atom stereocenters. The Bertz CT molecular complexity index is 727. The van der Waals surface area contributed by atoms with Crippen LogP contribution in [-0.4, -0.2) is 6.16 Å². The van der Waals surface area contributed by atoms with Gasteiger partial charge in [0.1, 0.15) is 0 Å². The van der Waals surface area contributed by atoms with Gasteiger partial charge in [0, 0.05) is 5.75 Å². The van der Waals surface area contributed by atoms with Crippen molar-refractivity contribution in [1.29, 1.82) is 0 Å². The summed E-state index contributed by atoms with van der Waals surface area (Å²) < 4.78 is 0. The summed E-state index contributed by atoms with van der Waals surface area (Å²) in [6, 6.07) is 31.3. The van der Waals surface area contributed by atoms with Crippen LogP contribution in [0, 0.1) is 0 Å². The van der Waals surface area contributed by atoms with Crippen LogP contribution in [0.15, 0.2) is 84.9 Å². The molecule has 0 fully saturated rings. The molecule has 0 aliphatic rings. The summed E-state index contributed by atoms with van der Waals surface area (Å²) >= 11 is 4.39. The Kier molecular flexibility index (Phi) is 6.34. The Labute approximate surface area is 158 Å². The summed E-state index contributed by atoms with van der Waals surface area (Å²) in [5.41, 5.74) is 2.71. The van der Waals surface area contributed by atoms with Crippen LogP contribution in [-0.2, 0) is 11.9 Å². The van der Waals surface area contributed by atoms with Crippen LogP contribution in [0.1, 0.15) is 24.5 Å². The van der Waals surface area contributed by atoms with E-state index in [4.69, 9.17) is 0 Å². The molecule has 0 radical (unpaired) electrons. The first kappa shape index (κ1) is 18.2. The van der Waals surface area contributed by atoms with E-state index in [2.05, 4.69) is 104 Å². The number of thiol groups is 1. The van der Waals surface area contributed by atoms with Crippen molar-refractivity contribution < 1.29 is 0 Å². The molecule has 0 N–H and O–H groups in total. The molecule has 0 aliphatic heterocycles. The van der Waals surface area contributed by atoms with Gasteiger partial charge in [0.25, 0.3) is 0 Å². The van der Waals surface area contributed by atoms with Gasteiger partial charge in [0.05, 0.1) is 30.2 Å². The van der Waals surface area contributed by atoms with Crippen LogP contribution in [0.3, 0.4) is 0 Å². The molecule has 0 saturated heterocycles. The summed E-state index contributed by atoms with van der Waals surface area (Å²) in [4.78, 5) is 0. The van der Waals surface area contributed by atoms with Crippen molar-refractivity contribution in [2.24, 2.45) is 0 Å². The molecular formula is C23H26PS+. The van der Waals surface area contributed by atoms with Crippen molar-refractivity contribution in [2.45, 2.75) is 25.3 Å². The summed E-state index contributed by atoms with van der Waals surface area (Å²) in [5.74, 6) is 0.799. The lowest BCUT2D eigenvalue weighted by Gasteiger charge is -2.27. The first-order chi connectivity index (χ1) is 12.3. The maximum Gasteiger partial charge on any atom is 0.0995 e. The van der Waals surface area contributed by atoms with Gasteiger partial charge in [-0.3, -0.25) is 0 Å². The predicted molar refractivity (Wildman–Crippen MR) is 117 cm³/mol. The number of hydrogen-bond donors (Lipinski definition) is 1. The van der Waals surface area contributed by atoms with E-state index in [1.165, 1.54) is 34.3 Å². The molecule has 3 rings (SSSR count). The van der Waals surface area contributed by atoms with E-state index in [0.29, 0.717) is 0 Å². The van der Waals surface area contributed by atoms with E-state index in [1.54, 1.807) is 0 Å². The Morgan fingerprint density at radius 2 is 1.16 bits per heavy atom. The van der Waals surface area contributed by atoms with Crippen molar-refractivity contribution in [3.63, 3.8) is 0 Å². The van der Waals surface area contributed by atoms with E-state index in [-0.39, 0.29) is 0 Å². The maximum absolute atomic E-state index is 4.39. The third-order valence-corrected chi connectivity index (χ3v) is 9.82. The normalized spacial score (nSPS) is 11.4. The van der Waals surface area contributed by atoms with Gasteiger partial charge >= 0.3 is 0 Å². The molecule has 3 aromatic rings. The van der Waals surface area contributed by atoms with Crippen molar-refractivity contribution in [3.8, 4) is 0 Å². The van der Waals surface area contributed by atoms with Crippen LogP contribution < -0.4 is 10.6 Å². The molecule has 0 aliphatic carbocycles. The van der Waals surface area contributed by atoms with Crippen molar-refractivity contribution >= 4 is 30.5 Å². The molecule has 2 heteroatoms. The molecule has 0 nitrogen and oxygen atoms in total. The molecule has 128 valence electrons. The molecule has 0 saturated carbocycles. The van der Waals surface area contributed by atoms with Crippen molar-refractivity contribution in [3.05, 3.63) is 96.1 Å². The van der Waals surface area contributed by atoms with Gasteiger partial charge in [-0.25, -0.2) is 0 Å². The molecule has 0 heterocycles. The second-order valence-electron chi connectivity index (χ2n) is 6.50. The van der Waals surface area contributed by atoms with Gasteiger partial charge in [-0.2, -0.15) is 12.6 Å². The minimum absolute atomic E-state index is 0.799. The smallest absolute Gasteiger partial charge is 0.0995 e. The van der Waals surface area contributed by atoms with Crippen molar-refractivity contribution in [1.82, 2.24) is 0 Å². The minimum Gasteiger partial charge on any atom is -0.175 e. The van der Waals surface area contributed by atoms with E-state index < -0.39 is 7.26 Å². The second kappa shape index (κ2) is 8.70. The summed E-state index contributed by atoms with van der Waals surface area (Å²) in [5, 5.41) is 3.03. The third kappa shape index (κ3) is 4.17. The number of hydrogen-bond acceptors (Lipinski definition) is 1. The van der Waals surface area contributed by atoms with Gasteiger partial charge in [0.15, 0.2) is 0 Å². The Hall–Kier alpha value is -1.56. The van der Waals surface area contributed by atoms with Crippen LogP contribution in [0.25, 0.3) is 0 Å². The highest BCUT2D eigenvalue weighted by atomic mass is 32.1. The largest absolute Gasteiger partial charge is 0.175 e. The van der Waals surface area contributed by atoms with E-state index >= 15 is 0 Å².